The van der Waals surface area contributed by atoms with Crippen molar-refractivity contribution in [3.05, 3.63) is 126 Å². The maximum atomic E-state index is 3.30. The van der Waals surface area contributed by atoms with Crippen LogP contribution in [-0.4, -0.2) is 0 Å². The number of aryl methyl sites for hydroxylation is 1. The van der Waals surface area contributed by atoms with Gasteiger partial charge in [0.1, 0.15) is 0 Å². The average molecular weight is 488 g/mol. The van der Waals surface area contributed by atoms with Gasteiger partial charge in [-0.05, 0) is 11.7 Å². The molecule has 0 radical (unpaired) electrons. The normalized spacial score (nSPS) is 10.8. The van der Waals surface area contributed by atoms with Crippen molar-refractivity contribution in [3.63, 3.8) is 0 Å². The van der Waals surface area contributed by atoms with Crippen LogP contribution in [-0.2, 0) is 28.1 Å². The summed E-state index contributed by atoms with van der Waals surface area (Å²) in [6.45, 7) is 2.21. The number of rotatable bonds is 2. The topological polar surface area (TPSA) is 0 Å². The number of benzene rings is 4. The van der Waals surface area contributed by atoms with E-state index >= 15 is 0 Å². The van der Waals surface area contributed by atoms with Gasteiger partial charge in [-0.2, -0.15) is 29.8 Å². The van der Waals surface area contributed by atoms with Gasteiger partial charge in [-0.15, -0.1) is 60.1 Å². The van der Waals surface area contributed by atoms with Crippen molar-refractivity contribution >= 4 is 30.0 Å². The average Bonchev–Trinajstić information content (AvgIpc) is 3.32. The minimum absolute atomic E-state index is 0. The van der Waals surface area contributed by atoms with Crippen LogP contribution >= 0.6 is 8.58 Å². The van der Waals surface area contributed by atoms with Crippen molar-refractivity contribution in [2.45, 2.75) is 13.3 Å². The van der Waals surface area contributed by atoms with Crippen LogP contribution in [0.3, 0.4) is 0 Å². The van der Waals surface area contributed by atoms with Crippen LogP contribution in [0.2, 0.25) is 0 Å². The molecule has 5 aromatic carbocycles. The van der Waals surface area contributed by atoms with E-state index in [1.807, 2.05) is 6.07 Å². The van der Waals surface area contributed by atoms with E-state index in [1.54, 1.807) is 0 Å². The summed E-state index contributed by atoms with van der Waals surface area (Å²) in [4.78, 5) is 0. The van der Waals surface area contributed by atoms with Crippen molar-refractivity contribution in [1.29, 1.82) is 0 Å². The summed E-state index contributed by atoms with van der Waals surface area (Å²) in [5.74, 6) is 0. The van der Waals surface area contributed by atoms with Crippen LogP contribution in [0.15, 0.2) is 103 Å². The first-order chi connectivity index (χ1) is 14.8. The minimum atomic E-state index is 0. The van der Waals surface area contributed by atoms with Crippen LogP contribution in [0, 0.1) is 13.0 Å². The molecule has 0 spiro atoms. The molecule has 0 fully saturated rings. The fraction of sp³-hybridized carbons (Fsp3) is 0.0690. The molecule has 0 N–H and O–H groups in total. The van der Waals surface area contributed by atoms with E-state index in [9.17, 15) is 0 Å². The summed E-state index contributed by atoms with van der Waals surface area (Å²) in [6, 6.07) is 39.8. The second-order valence-electron chi connectivity index (χ2n) is 7.68. The number of halogens is 2. The molecule has 1 aliphatic carbocycles. The number of fused-ring (bicyclic) bond motifs is 4. The van der Waals surface area contributed by atoms with Gasteiger partial charge < -0.3 is 9.41 Å². The second-order valence-corrected chi connectivity index (χ2v) is 9.00. The SMILES string of the molecule is Cc1[cH-]c2ccccc2c1Pc1ccccc1.[F-].[F-].[Ti+4].[c-]1cccc2c1Cc1ccccc1-2. The Hall–Kier alpha value is -2.51. The molecule has 1 atom stereocenters. The van der Waals surface area contributed by atoms with E-state index in [4.69, 9.17) is 0 Å². The van der Waals surface area contributed by atoms with Crippen molar-refractivity contribution in [1.82, 2.24) is 0 Å². The zero-order valence-corrected chi connectivity index (χ0v) is 20.8. The van der Waals surface area contributed by atoms with Crippen molar-refractivity contribution in [2.75, 3.05) is 0 Å². The van der Waals surface area contributed by atoms with Gasteiger partial charge in [-0.1, -0.05) is 78.7 Å². The van der Waals surface area contributed by atoms with E-state index < -0.39 is 0 Å². The van der Waals surface area contributed by atoms with E-state index in [0.29, 0.717) is 0 Å². The second kappa shape index (κ2) is 12.1. The number of hydrogen-bond acceptors (Lipinski definition) is 0. The van der Waals surface area contributed by atoms with Gasteiger partial charge >= 0.3 is 21.7 Å². The Kier molecular flexibility index (Phi) is 9.80. The maximum absolute atomic E-state index is 3.30. The van der Waals surface area contributed by atoms with Gasteiger partial charge in [0.2, 0.25) is 0 Å². The summed E-state index contributed by atoms with van der Waals surface area (Å²) < 4.78 is 0. The molecule has 1 aliphatic rings. The van der Waals surface area contributed by atoms with Crippen LogP contribution in [0.25, 0.3) is 21.9 Å². The number of hydrogen-bond donors (Lipinski definition) is 0. The Balaban J connectivity index is 0.000000220. The molecule has 162 valence electrons. The molecule has 0 aliphatic heterocycles. The smallest absolute Gasteiger partial charge is 1.00 e. The van der Waals surface area contributed by atoms with Crippen LogP contribution in [0.1, 0.15) is 16.7 Å². The molecular formula is C29H23F2PTi. The monoisotopic (exact) mass is 488 g/mol. The third-order valence-electron chi connectivity index (χ3n) is 5.66. The Bertz CT molecular complexity index is 1270. The van der Waals surface area contributed by atoms with Crippen LogP contribution in [0.4, 0.5) is 0 Å². The molecule has 0 saturated heterocycles. The third kappa shape index (κ3) is 5.71. The van der Waals surface area contributed by atoms with Gasteiger partial charge in [0.15, 0.2) is 0 Å². The molecule has 33 heavy (non-hydrogen) atoms. The van der Waals surface area contributed by atoms with Crippen LogP contribution < -0.4 is 20.0 Å². The predicted molar refractivity (Wildman–Crippen MR) is 132 cm³/mol. The standard InChI is InChI=1S/C16H14P.C13H9.2FH.Ti/c1-12-11-13-7-5-6-10-15(13)16(12)17-14-8-3-2-4-9-14;1-3-7-12-10(5-1)9-11-6-2-4-8-13(11)12;;;/h2-11,17H,1H3;1-5,7-8H,9H2;2*1H;/q2*-1;;;+4/p-2. The molecule has 0 aromatic heterocycles. The Morgan fingerprint density at radius 3 is 2.24 bits per heavy atom. The van der Waals surface area contributed by atoms with Gasteiger partial charge in [0, 0.05) is 0 Å². The molecule has 0 amide bonds. The van der Waals surface area contributed by atoms with Crippen molar-refractivity contribution in [2.24, 2.45) is 0 Å². The van der Waals surface area contributed by atoms with E-state index in [-0.39, 0.29) is 31.1 Å². The molecule has 0 heterocycles. The summed E-state index contributed by atoms with van der Waals surface area (Å²) in [5.41, 5.74) is 6.92. The molecule has 5 aromatic rings. The Labute approximate surface area is 210 Å². The van der Waals surface area contributed by atoms with E-state index in [0.717, 1.165) is 15.0 Å². The zero-order chi connectivity index (χ0) is 20.3. The van der Waals surface area contributed by atoms with Gasteiger partial charge in [-0.25, -0.2) is 0 Å². The fourth-order valence-electron chi connectivity index (χ4n) is 4.20. The summed E-state index contributed by atoms with van der Waals surface area (Å²) >= 11 is 0. The molecule has 1 unspecified atom stereocenters. The fourth-order valence-corrected chi connectivity index (χ4v) is 5.48. The molecule has 0 saturated carbocycles. The first kappa shape index (κ1) is 26.7. The summed E-state index contributed by atoms with van der Waals surface area (Å²) in [7, 11) is 0.754. The Morgan fingerprint density at radius 1 is 0.758 bits per heavy atom. The summed E-state index contributed by atoms with van der Waals surface area (Å²) in [6.07, 6.45) is 1.05. The molecular weight excluding hydrogens is 465 g/mol. The van der Waals surface area contributed by atoms with Crippen LogP contribution in [0.5, 0.6) is 0 Å². The zero-order valence-electron chi connectivity index (χ0n) is 18.3. The predicted octanol–water partition coefficient (Wildman–Crippen LogP) is 0.560. The first-order valence-electron chi connectivity index (χ1n) is 10.3. The molecule has 0 nitrogen and oxygen atoms in total. The van der Waals surface area contributed by atoms with E-state index in [2.05, 4.69) is 110 Å². The summed E-state index contributed by atoms with van der Waals surface area (Å²) in [5, 5.41) is 5.68. The van der Waals surface area contributed by atoms with Gasteiger partial charge in [0.25, 0.3) is 0 Å². The largest absolute Gasteiger partial charge is 4.00 e. The maximum Gasteiger partial charge on any atom is 4.00 e. The van der Waals surface area contributed by atoms with Gasteiger partial charge in [-0.3, -0.25) is 0 Å². The minimum Gasteiger partial charge on any atom is -1.00 e. The Morgan fingerprint density at radius 2 is 1.42 bits per heavy atom. The van der Waals surface area contributed by atoms with Gasteiger partial charge in [0.05, 0.1) is 0 Å². The van der Waals surface area contributed by atoms with Crippen molar-refractivity contribution < 1.29 is 31.1 Å². The third-order valence-corrected chi connectivity index (χ3v) is 7.19. The molecule has 6 rings (SSSR count). The van der Waals surface area contributed by atoms with E-state index in [1.165, 1.54) is 49.2 Å². The molecule has 0 bridgehead atoms. The van der Waals surface area contributed by atoms with Crippen molar-refractivity contribution in [3.8, 4) is 11.1 Å². The quantitative estimate of drug-likeness (QED) is 0.190. The molecule has 4 heteroatoms. The first-order valence-corrected chi connectivity index (χ1v) is 11.3.